The normalized spacial score (nSPS) is 10.5. The molecule has 0 spiro atoms. The second-order valence-corrected chi connectivity index (χ2v) is 3.96. The van der Waals surface area contributed by atoms with Crippen LogP contribution in [0.2, 0.25) is 0 Å². The van der Waals surface area contributed by atoms with Crippen LogP contribution in [-0.4, -0.2) is 0 Å². The molecule has 0 radical (unpaired) electrons. The highest BCUT2D eigenvalue weighted by atomic mass is 19.1. The minimum Gasteiger partial charge on any atom is -0.483 e. The molecule has 5 heteroatoms. The molecule has 2 aromatic rings. The van der Waals surface area contributed by atoms with E-state index in [1.165, 1.54) is 24.3 Å². The van der Waals surface area contributed by atoms with E-state index in [0.29, 0.717) is 11.1 Å². The molecule has 2 nitrogen and oxygen atoms in total. The van der Waals surface area contributed by atoms with Gasteiger partial charge in [0.1, 0.15) is 12.4 Å². The van der Waals surface area contributed by atoms with Gasteiger partial charge >= 0.3 is 0 Å². The summed E-state index contributed by atoms with van der Waals surface area (Å²) in [7, 11) is 0. The van der Waals surface area contributed by atoms with E-state index < -0.39 is 23.2 Å². The largest absolute Gasteiger partial charge is 0.483 e. The molecular weight excluding hydrogens is 255 g/mol. The van der Waals surface area contributed by atoms with Crippen LogP contribution >= 0.6 is 0 Å². The number of benzene rings is 2. The summed E-state index contributed by atoms with van der Waals surface area (Å²) in [6, 6.07) is 7.45. The lowest BCUT2D eigenvalue weighted by molar-refractivity contribution is 0.272. The fourth-order valence-electron chi connectivity index (χ4n) is 1.70. The second-order valence-electron chi connectivity index (χ2n) is 3.96. The van der Waals surface area contributed by atoms with E-state index in [9.17, 15) is 13.2 Å². The maximum absolute atomic E-state index is 13.4. The van der Waals surface area contributed by atoms with Crippen LogP contribution < -0.4 is 10.5 Å². The van der Waals surface area contributed by atoms with Gasteiger partial charge in [-0.15, -0.1) is 0 Å². The fraction of sp³-hybridized carbons (Fsp3) is 0.143. The van der Waals surface area contributed by atoms with Crippen molar-refractivity contribution in [2.24, 2.45) is 5.73 Å². The summed E-state index contributed by atoms with van der Waals surface area (Å²) >= 11 is 0. The number of rotatable bonds is 4. The van der Waals surface area contributed by atoms with Gasteiger partial charge in [0.25, 0.3) is 0 Å². The molecule has 0 fully saturated rings. The summed E-state index contributed by atoms with van der Waals surface area (Å²) in [6.45, 7) is 0.0425. The third-order valence-corrected chi connectivity index (χ3v) is 2.68. The van der Waals surface area contributed by atoms with E-state index in [2.05, 4.69) is 0 Å². The molecule has 0 heterocycles. The van der Waals surface area contributed by atoms with Crippen LogP contribution in [0.5, 0.6) is 5.75 Å². The van der Waals surface area contributed by atoms with Gasteiger partial charge in [0.15, 0.2) is 17.4 Å². The zero-order valence-corrected chi connectivity index (χ0v) is 10.00. The number of para-hydroxylation sites is 1. The lowest BCUT2D eigenvalue weighted by atomic mass is 10.1. The highest BCUT2D eigenvalue weighted by Crippen LogP contribution is 2.23. The van der Waals surface area contributed by atoms with Crippen molar-refractivity contribution in [1.82, 2.24) is 0 Å². The Hall–Kier alpha value is -2.01. The zero-order chi connectivity index (χ0) is 13.8. The Balaban J connectivity index is 2.21. The van der Waals surface area contributed by atoms with Crippen molar-refractivity contribution in [1.29, 1.82) is 0 Å². The van der Waals surface area contributed by atoms with Crippen LogP contribution in [0.4, 0.5) is 13.2 Å². The SMILES string of the molecule is NCc1ccc(F)cc1COc1c(F)cccc1F. The van der Waals surface area contributed by atoms with Crippen molar-refractivity contribution in [2.45, 2.75) is 13.2 Å². The van der Waals surface area contributed by atoms with Gasteiger partial charge < -0.3 is 10.5 Å². The average molecular weight is 267 g/mol. The quantitative estimate of drug-likeness (QED) is 0.923. The van der Waals surface area contributed by atoms with Gasteiger partial charge in [-0.3, -0.25) is 0 Å². The van der Waals surface area contributed by atoms with Crippen molar-refractivity contribution in [2.75, 3.05) is 0 Å². The van der Waals surface area contributed by atoms with Crippen LogP contribution in [-0.2, 0) is 13.2 Å². The minimum atomic E-state index is -0.800. The van der Waals surface area contributed by atoms with Crippen molar-refractivity contribution < 1.29 is 17.9 Å². The van der Waals surface area contributed by atoms with Gasteiger partial charge in [0, 0.05) is 6.54 Å². The third-order valence-electron chi connectivity index (χ3n) is 2.68. The Morgan fingerprint density at radius 2 is 1.63 bits per heavy atom. The van der Waals surface area contributed by atoms with Crippen LogP contribution in [0.3, 0.4) is 0 Å². The maximum atomic E-state index is 13.4. The molecule has 0 saturated carbocycles. The third kappa shape index (κ3) is 3.06. The minimum absolute atomic E-state index is 0.151. The monoisotopic (exact) mass is 267 g/mol. The van der Waals surface area contributed by atoms with Gasteiger partial charge in [-0.2, -0.15) is 0 Å². The molecule has 2 aromatic carbocycles. The van der Waals surface area contributed by atoms with Crippen LogP contribution in [0.15, 0.2) is 36.4 Å². The molecule has 2 N–H and O–H groups in total. The first kappa shape index (κ1) is 13.4. The molecule has 0 atom stereocenters. The van der Waals surface area contributed by atoms with Gasteiger partial charge in [0.05, 0.1) is 0 Å². The smallest absolute Gasteiger partial charge is 0.191 e. The Morgan fingerprint density at radius 3 is 2.26 bits per heavy atom. The van der Waals surface area contributed by atoms with E-state index in [1.54, 1.807) is 0 Å². The topological polar surface area (TPSA) is 35.2 Å². The number of nitrogens with two attached hydrogens (primary N) is 1. The number of hydrogen-bond acceptors (Lipinski definition) is 2. The summed E-state index contributed by atoms with van der Waals surface area (Å²) in [6.07, 6.45) is 0. The lowest BCUT2D eigenvalue weighted by Crippen LogP contribution is -2.06. The molecule has 19 heavy (non-hydrogen) atoms. The van der Waals surface area contributed by atoms with Crippen LogP contribution in [0.25, 0.3) is 0 Å². The molecule has 0 aliphatic heterocycles. The van der Waals surface area contributed by atoms with Crippen molar-refractivity contribution in [3.8, 4) is 5.75 Å². The van der Waals surface area contributed by atoms with Gasteiger partial charge in [0.2, 0.25) is 0 Å². The predicted molar refractivity (Wildman–Crippen MR) is 65.0 cm³/mol. The van der Waals surface area contributed by atoms with E-state index in [4.69, 9.17) is 10.5 Å². The first-order valence-corrected chi connectivity index (χ1v) is 5.66. The van der Waals surface area contributed by atoms with E-state index in [1.807, 2.05) is 0 Å². The van der Waals surface area contributed by atoms with Crippen molar-refractivity contribution in [3.05, 3.63) is 65.0 Å². The Kier molecular flexibility index (Phi) is 4.06. The first-order valence-electron chi connectivity index (χ1n) is 5.66. The lowest BCUT2D eigenvalue weighted by Gasteiger charge is -2.11. The summed E-state index contributed by atoms with van der Waals surface area (Å²) in [5.41, 5.74) is 6.63. The Bertz CT molecular complexity index is 567. The summed E-state index contributed by atoms with van der Waals surface area (Å²) in [4.78, 5) is 0. The van der Waals surface area contributed by atoms with Gasteiger partial charge in [-0.05, 0) is 35.4 Å². The highest BCUT2D eigenvalue weighted by molar-refractivity contribution is 5.30. The van der Waals surface area contributed by atoms with Crippen LogP contribution in [0, 0.1) is 17.5 Å². The summed E-state index contributed by atoms with van der Waals surface area (Å²) in [5, 5.41) is 0. The number of ether oxygens (including phenoxy) is 1. The second kappa shape index (κ2) is 5.75. The molecular formula is C14H12F3NO. The molecule has 0 aromatic heterocycles. The highest BCUT2D eigenvalue weighted by Gasteiger charge is 2.11. The maximum Gasteiger partial charge on any atom is 0.191 e. The number of halogens is 3. The molecule has 2 rings (SSSR count). The summed E-state index contributed by atoms with van der Waals surface area (Å²) in [5.74, 6) is -2.53. The molecule has 0 unspecified atom stereocenters. The molecule has 0 bridgehead atoms. The van der Waals surface area contributed by atoms with Gasteiger partial charge in [-0.1, -0.05) is 12.1 Å². The van der Waals surface area contributed by atoms with E-state index in [-0.39, 0.29) is 13.2 Å². The van der Waals surface area contributed by atoms with Gasteiger partial charge in [-0.25, -0.2) is 13.2 Å². The number of hydrogen-bond donors (Lipinski definition) is 1. The van der Waals surface area contributed by atoms with Crippen LogP contribution in [0.1, 0.15) is 11.1 Å². The molecule has 0 saturated heterocycles. The molecule has 100 valence electrons. The summed E-state index contributed by atoms with van der Waals surface area (Å²) < 4.78 is 44.9. The Labute approximate surface area is 108 Å². The first-order chi connectivity index (χ1) is 9.11. The molecule has 0 amide bonds. The van der Waals surface area contributed by atoms with Crippen molar-refractivity contribution >= 4 is 0 Å². The predicted octanol–water partition coefficient (Wildman–Crippen LogP) is 3.14. The molecule has 0 aliphatic rings. The average Bonchev–Trinajstić information content (AvgIpc) is 2.38. The molecule has 0 aliphatic carbocycles. The van der Waals surface area contributed by atoms with E-state index in [0.717, 1.165) is 12.1 Å². The standard InChI is InChI=1S/C14H12F3NO/c15-11-5-4-9(7-18)10(6-11)8-19-14-12(16)2-1-3-13(14)17/h1-6H,7-8,18H2. The van der Waals surface area contributed by atoms with Crippen molar-refractivity contribution in [3.63, 3.8) is 0 Å². The zero-order valence-electron chi connectivity index (χ0n) is 10.00. The fourth-order valence-corrected chi connectivity index (χ4v) is 1.70. The Morgan fingerprint density at radius 1 is 0.947 bits per heavy atom. The van der Waals surface area contributed by atoms with E-state index >= 15 is 0 Å².